The molecular weight excluding hydrogens is 309 g/mol. The molecule has 0 bridgehead atoms. The molecule has 8 heteroatoms. The Hall–Kier alpha value is -1.67. The lowest BCUT2D eigenvalue weighted by Gasteiger charge is -2.18. The van der Waals surface area contributed by atoms with Crippen molar-refractivity contribution in [3.05, 3.63) is 30.1 Å². The molecule has 0 aromatic heterocycles. The summed E-state index contributed by atoms with van der Waals surface area (Å²) in [6, 6.07) is 5.20. The second kappa shape index (κ2) is 7.06. The maximum atomic E-state index is 13.5. The Kier molecular flexibility index (Phi) is 5.36. The molecule has 0 radical (unpaired) electrons. The zero-order chi connectivity index (χ0) is 16.2. The summed E-state index contributed by atoms with van der Waals surface area (Å²) < 4.78 is 39.5. The van der Waals surface area contributed by atoms with Crippen LogP contribution in [0.25, 0.3) is 0 Å². The first-order valence-electron chi connectivity index (χ1n) is 7.21. The quantitative estimate of drug-likeness (QED) is 0.864. The third-order valence-corrected chi connectivity index (χ3v) is 5.05. The van der Waals surface area contributed by atoms with Gasteiger partial charge in [0.2, 0.25) is 10.0 Å². The van der Waals surface area contributed by atoms with Gasteiger partial charge in [0.25, 0.3) is 0 Å². The van der Waals surface area contributed by atoms with Crippen LogP contribution in [-0.4, -0.2) is 44.2 Å². The minimum Gasteiger partial charge on any atom is -0.323 e. The van der Waals surface area contributed by atoms with E-state index in [1.54, 1.807) is 19.1 Å². The van der Waals surface area contributed by atoms with Gasteiger partial charge < -0.3 is 10.2 Å². The van der Waals surface area contributed by atoms with Gasteiger partial charge in [0.15, 0.2) is 0 Å². The van der Waals surface area contributed by atoms with Crippen molar-refractivity contribution in [2.45, 2.75) is 25.8 Å². The molecular formula is C14H20FN3O3S. The minimum absolute atomic E-state index is 0.0743. The second-order valence-electron chi connectivity index (χ2n) is 5.28. The normalized spacial score (nSPS) is 18.5. The molecule has 0 spiro atoms. The van der Waals surface area contributed by atoms with Crippen LogP contribution in [-0.2, 0) is 10.0 Å². The highest BCUT2D eigenvalue weighted by atomic mass is 32.2. The maximum Gasteiger partial charge on any atom is 0.321 e. The van der Waals surface area contributed by atoms with Crippen LogP contribution in [0.3, 0.4) is 0 Å². The molecule has 0 saturated carbocycles. The van der Waals surface area contributed by atoms with Gasteiger partial charge in [0.1, 0.15) is 5.82 Å². The largest absolute Gasteiger partial charge is 0.323 e. The number of benzene rings is 1. The van der Waals surface area contributed by atoms with Crippen LogP contribution >= 0.6 is 0 Å². The van der Waals surface area contributed by atoms with Crippen LogP contribution in [0.15, 0.2) is 24.3 Å². The van der Waals surface area contributed by atoms with Crippen molar-refractivity contribution in [1.29, 1.82) is 0 Å². The number of sulfonamides is 1. The van der Waals surface area contributed by atoms with Crippen molar-refractivity contribution < 1.29 is 17.6 Å². The first kappa shape index (κ1) is 16.7. The molecule has 2 rings (SSSR count). The number of likely N-dealkylation sites (tertiary alicyclic amines) is 1. The average molecular weight is 329 g/mol. The summed E-state index contributed by atoms with van der Waals surface area (Å²) in [7, 11) is -3.30. The third kappa shape index (κ3) is 4.41. The molecule has 1 aliphatic rings. The van der Waals surface area contributed by atoms with Crippen molar-refractivity contribution in [2.75, 3.05) is 24.2 Å². The van der Waals surface area contributed by atoms with Crippen LogP contribution in [0.1, 0.15) is 19.8 Å². The molecule has 0 unspecified atom stereocenters. The molecule has 2 N–H and O–H groups in total. The Bertz CT molecular complexity index is 636. The van der Waals surface area contributed by atoms with Gasteiger partial charge in [-0.3, -0.25) is 0 Å². The molecule has 0 aliphatic carbocycles. The van der Waals surface area contributed by atoms with Crippen LogP contribution < -0.4 is 10.0 Å². The van der Waals surface area contributed by atoms with Crippen molar-refractivity contribution in [2.24, 2.45) is 0 Å². The van der Waals surface area contributed by atoms with Crippen molar-refractivity contribution in [3.63, 3.8) is 0 Å². The number of nitrogens with zero attached hydrogens (tertiary/aromatic N) is 1. The fourth-order valence-electron chi connectivity index (χ4n) is 2.38. The van der Waals surface area contributed by atoms with E-state index in [2.05, 4.69) is 10.0 Å². The highest BCUT2D eigenvalue weighted by Crippen LogP contribution is 2.16. The van der Waals surface area contributed by atoms with Crippen LogP contribution in [0, 0.1) is 5.82 Å². The smallest absolute Gasteiger partial charge is 0.321 e. The summed E-state index contributed by atoms with van der Waals surface area (Å²) in [5.74, 6) is -0.430. The lowest BCUT2D eigenvalue weighted by molar-refractivity contribution is 0.221. The predicted molar refractivity (Wildman–Crippen MR) is 82.6 cm³/mol. The number of urea groups is 1. The lowest BCUT2D eigenvalue weighted by Crippen LogP contribution is -2.40. The van der Waals surface area contributed by atoms with Gasteiger partial charge >= 0.3 is 6.03 Å². The maximum absolute atomic E-state index is 13.5. The van der Waals surface area contributed by atoms with E-state index in [9.17, 15) is 17.6 Å². The summed E-state index contributed by atoms with van der Waals surface area (Å²) in [5, 5.41) is 2.50. The second-order valence-corrected chi connectivity index (χ2v) is 7.15. The fraction of sp³-hybridized carbons (Fsp3) is 0.500. The molecule has 1 aromatic rings. The van der Waals surface area contributed by atoms with E-state index in [0.29, 0.717) is 19.4 Å². The number of para-hydroxylation sites is 1. The summed E-state index contributed by atoms with van der Waals surface area (Å²) in [4.78, 5) is 13.6. The molecule has 1 heterocycles. The number of carbonyl (C=O) groups is 1. The van der Waals surface area contributed by atoms with E-state index in [1.807, 2.05) is 0 Å². The van der Waals surface area contributed by atoms with Crippen LogP contribution in [0.4, 0.5) is 14.9 Å². The Balaban J connectivity index is 1.90. The number of nitrogens with one attached hydrogen (secondary N) is 2. The highest BCUT2D eigenvalue weighted by molar-refractivity contribution is 7.89. The van der Waals surface area contributed by atoms with E-state index < -0.39 is 21.9 Å². The monoisotopic (exact) mass is 329 g/mol. The number of anilines is 1. The lowest BCUT2D eigenvalue weighted by atomic mass is 10.3. The van der Waals surface area contributed by atoms with Crippen LogP contribution in [0.2, 0.25) is 0 Å². The van der Waals surface area contributed by atoms with E-state index >= 15 is 0 Å². The van der Waals surface area contributed by atoms with Gasteiger partial charge in [0, 0.05) is 19.1 Å². The molecule has 22 heavy (non-hydrogen) atoms. The summed E-state index contributed by atoms with van der Waals surface area (Å²) in [6.45, 7) is 2.50. The third-order valence-electron chi connectivity index (χ3n) is 3.41. The number of hydrogen-bond donors (Lipinski definition) is 2. The van der Waals surface area contributed by atoms with Crippen molar-refractivity contribution in [3.8, 4) is 0 Å². The topological polar surface area (TPSA) is 78.5 Å². The van der Waals surface area contributed by atoms with Gasteiger partial charge in [-0.2, -0.15) is 0 Å². The standard InChI is InChI=1S/C14H20FN3O3S/c1-2-9-22(20,21)17-11-7-8-18(10-11)14(19)16-13-6-4-3-5-12(13)15/h3-6,11,17H,2,7-10H2,1H3,(H,16,19)/t11-/m1/s1. The van der Waals surface area contributed by atoms with Gasteiger partial charge in [0.05, 0.1) is 11.4 Å². The highest BCUT2D eigenvalue weighted by Gasteiger charge is 2.29. The van der Waals surface area contributed by atoms with E-state index in [0.717, 1.165) is 0 Å². The Morgan fingerprint density at radius 3 is 2.82 bits per heavy atom. The predicted octanol–water partition coefficient (Wildman–Crippen LogP) is 1.76. The van der Waals surface area contributed by atoms with E-state index in [-0.39, 0.29) is 24.0 Å². The van der Waals surface area contributed by atoms with Gasteiger partial charge in [-0.1, -0.05) is 19.1 Å². The molecule has 1 atom stereocenters. The first-order valence-corrected chi connectivity index (χ1v) is 8.87. The first-order chi connectivity index (χ1) is 10.4. The molecule has 1 aliphatic heterocycles. The summed E-state index contributed by atoms with van der Waals surface area (Å²) in [5.41, 5.74) is 0.113. The Morgan fingerprint density at radius 2 is 2.14 bits per heavy atom. The molecule has 1 saturated heterocycles. The molecule has 6 nitrogen and oxygen atoms in total. The number of halogens is 1. The number of rotatable bonds is 5. The number of hydrogen-bond acceptors (Lipinski definition) is 3. The Morgan fingerprint density at radius 1 is 1.41 bits per heavy atom. The van der Waals surface area contributed by atoms with Gasteiger partial charge in [-0.05, 0) is 25.0 Å². The molecule has 1 aromatic carbocycles. The van der Waals surface area contributed by atoms with Gasteiger partial charge in [-0.25, -0.2) is 22.3 Å². The average Bonchev–Trinajstić information content (AvgIpc) is 2.89. The van der Waals surface area contributed by atoms with E-state index in [1.165, 1.54) is 17.0 Å². The van der Waals surface area contributed by atoms with Crippen LogP contribution in [0.5, 0.6) is 0 Å². The van der Waals surface area contributed by atoms with Crippen molar-refractivity contribution in [1.82, 2.24) is 9.62 Å². The summed E-state index contributed by atoms with van der Waals surface area (Å²) in [6.07, 6.45) is 1.09. The number of carbonyl (C=O) groups excluding carboxylic acids is 1. The zero-order valence-electron chi connectivity index (χ0n) is 12.4. The Labute approximate surface area is 129 Å². The van der Waals surface area contributed by atoms with Gasteiger partial charge in [-0.15, -0.1) is 0 Å². The fourth-order valence-corrected chi connectivity index (χ4v) is 3.73. The molecule has 1 fully saturated rings. The SMILES string of the molecule is CCCS(=O)(=O)N[C@@H]1CCN(C(=O)Nc2ccccc2F)C1. The zero-order valence-corrected chi connectivity index (χ0v) is 13.2. The summed E-state index contributed by atoms with van der Waals surface area (Å²) >= 11 is 0. The molecule has 2 amide bonds. The number of amides is 2. The molecule has 122 valence electrons. The van der Waals surface area contributed by atoms with Crippen molar-refractivity contribution >= 4 is 21.7 Å². The minimum atomic E-state index is -3.30. The van der Waals surface area contributed by atoms with E-state index in [4.69, 9.17) is 0 Å².